The molecule has 2 unspecified atom stereocenters. The number of hydrogen-bond acceptors (Lipinski definition) is 4. The molecule has 0 aliphatic carbocycles. The monoisotopic (exact) mass is 417 g/mol. The van der Waals surface area contributed by atoms with Crippen molar-refractivity contribution >= 4 is 5.96 Å². The molecule has 0 bridgehead atoms. The molecule has 2 saturated heterocycles. The third-order valence-corrected chi connectivity index (χ3v) is 5.81. The summed E-state index contributed by atoms with van der Waals surface area (Å²) in [4.78, 5) is 7.25. The molecule has 6 nitrogen and oxygen atoms in total. The van der Waals surface area contributed by atoms with Gasteiger partial charge in [0, 0.05) is 26.2 Å². The normalized spacial score (nSPS) is 22.0. The Labute approximate surface area is 182 Å². The van der Waals surface area contributed by atoms with Gasteiger partial charge in [-0.05, 0) is 57.6 Å². The summed E-state index contributed by atoms with van der Waals surface area (Å²) in [6, 6.07) is 10.0. The van der Waals surface area contributed by atoms with Gasteiger partial charge in [-0.2, -0.15) is 0 Å². The molecule has 1 N–H and O–H groups in total. The molecule has 1 aromatic carbocycles. The maximum atomic E-state index is 6.16. The molecule has 2 atom stereocenters. The first-order chi connectivity index (χ1) is 14.8. The van der Waals surface area contributed by atoms with E-state index in [4.69, 9.17) is 19.2 Å². The first kappa shape index (κ1) is 22.9. The van der Waals surface area contributed by atoms with Crippen LogP contribution in [-0.2, 0) is 9.47 Å². The number of ether oxygens (including phenoxy) is 3. The molecule has 0 aromatic heterocycles. The number of nitrogens with one attached hydrogen (secondary N) is 1. The number of para-hydroxylation sites is 1. The van der Waals surface area contributed by atoms with Crippen LogP contribution in [0.25, 0.3) is 0 Å². The lowest BCUT2D eigenvalue weighted by molar-refractivity contribution is -0.0721. The minimum absolute atomic E-state index is 0.0809. The Kier molecular flexibility index (Phi) is 9.77. The van der Waals surface area contributed by atoms with E-state index in [1.165, 1.54) is 12.8 Å². The second-order valence-electron chi connectivity index (χ2n) is 8.16. The summed E-state index contributed by atoms with van der Waals surface area (Å²) in [6.45, 7) is 9.36. The zero-order valence-electron chi connectivity index (χ0n) is 18.7. The van der Waals surface area contributed by atoms with Crippen molar-refractivity contribution in [3.05, 3.63) is 30.3 Å². The topological polar surface area (TPSA) is 55.3 Å². The van der Waals surface area contributed by atoms with Gasteiger partial charge in [-0.3, -0.25) is 0 Å². The molecule has 2 fully saturated rings. The largest absolute Gasteiger partial charge is 0.489 e. The molecular weight excluding hydrogens is 378 g/mol. The summed E-state index contributed by atoms with van der Waals surface area (Å²) in [6.07, 6.45) is 7.31. The lowest BCUT2D eigenvalue weighted by atomic mass is 10.1. The van der Waals surface area contributed by atoms with E-state index in [1.807, 2.05) is 30.3 Å². The summed E-state index contributed by atoms with van der Waals surface area (Å²) in [5, 5.41) is 3.45. The van der Waals surface area contributed by atoms with Crippen molar-refractivity contribution in [2.75, 3.05) is 39.4 Å². The third kappa shape index (κ3) is 7.47. The van der Waals surface area contributed by atoms with E-state index >= 15 is 0 Å². The van der Waals surface area contributed by atoms with Crippen LogP contribution in [0.5, 0.6) is 5.75 Å². The molecule has 3 rings (SSSR count). The van der Waals surface area contributed by atoms with Crippen molar-refractivity contribution in [3.63, 3.8) is 0 Å². The van der Waals surface area contributed by atoms with Crippen molar-refractivity contribution in [3.8, 4) is 5.75 Å². The molecule has 30 heavy (non-hydrogen) atoms. The molecular formula is C24H39N3O3. The summed E-state index contributed by atoms with van der Waals surface area (Å²) in [5.41, 5.74) is 0. The average Bonchev–Trinajstić information content (AvgIpc) is 2.81. The van der Waals surface area contributed by atoms with Gasteiger partial charge in [-0.15, -0.1) is 0 Å². The number of piperidine rings is 1. The minimum atomic E-state index is 0.0809. The van der Waals surface area contributed by atoms with E-state index in [9.17, 15) is 0 Å². The van der Waals surface area contributed by atoms with E-state index in [2.05, 4.69) is 24.1 Å². The number of nitrogens with zero attached hydrogens (tertiary/aromatic N) is 2. The number of rotatable bonds is 9. The lowest BCUT2D eigenvalue weighted by Gasteiger charge is -2.35. The molecule has 168 valence electrons. The summed E-state index contributed by atoms with van der Waals surface area (Å²) < 4.78 is 18.1. The SMILES string of the molecule is CCNC(=NCC(CC)Oc1ccccc1)N1CCC(OCC2CCCCO2)CC1. The summed E-state index contributed by atoms with van der Waals surface area (Å²) >= 11 is 0. The lowest BCUT2D eigenvalue weighted by Crippen LogP contribution is -2.47. The van der Waals surface area contributed by atoms with Gasteiger partial charge in [0.05, 0.1) is 25.4 Å². The predicted molar refractivity (Wildman–Crippen MR) is 121 cm³/mol. The smallest absolute Gasteiger partial charge is 0.194 e. The zero-order chi connectivity index (χ0) is 21.0. The van der Waals surface area contributed by atoms with Crippen LogP contribution in [0.2, 0.25) is 0 Å². The van der Waals surface area contributed by atoms with Crippen molar-refractivity contribution in [1.29, 1.82) is 0 Å². The molecule has 2 heterocycles. The predicted octanol–water partition coefficient (Wildman–Crippen LogP) is 3.86. The number of guanidine groups is 1. The fourth-order valence-corrected chi connectivity index (χ4v) is 3.97. The van der Waals surface area contributed by atoms with Crippen LogP contribution in [0, 0.1) is 0 Å². The Morgan fingerprint density at radius 2 is 1.97 bits per heavy atom. The number of likely N-dealkylation sites (tertiary alicyclic amines) is 1. The number of hydrogen-bond donors (Lipinski definition) is 1. The Morgan fingerprint density at radius 3 is 2.63 bits per heavy atom. The van der Waals surface area contributed by atoms with E-state index in [1.54, 1.807) is 0 Å². The van der Waals surface area contributed by atoms with Gasteiger partial charge in [0.1, 0.15) is 11.9 Å². The molecule has 2 aliphatic heterocycles. The van der Waals surface area contributed by atoms with Gasteiger partial charge in [0.25, 0.3) is 0 Å². The van der Waals surface area contributed by atoms with Gasteiger partial charge < -0.3 is 24.4 Å². The Hall–Kier alpha value is -1.79. The van der Waals surface area contributed by atoms with Gasteiger partial charge in [0.15, 0.2) is 5.96 Å². The molecule has 0 radical (unpaired) electrons. The molecule has 0 amide bonds. The highest BCUT2D eigenvalue weighted by molar-refractivity contribution is 5.80. The first-order valence-electron chi connectivity index (χ1n) is 11.8. The highest BCUT2D eigenvalue weighted by Crippen LogP contribution is 2.18. The Bertz CT molecular complexity index is 611. The van der Waals surface area contributed by atoms with Crippen LogP contribution in [0.3, 0.4) is 0 Å². The van der Waals surface area contributed by atoms with Crippen LogP contribution >= 0.6 is 0 Å². The molecule has 0 spiro atoms. The van der Waals surface area contributed by atoms with E-state index in [-0.39, 0.29) is 6.10 Å². The van der Waals surface area contributed by atoms with Gasteiger partial charge in [-0.1, -0.05) is 25.1 Å². The average molecular weight is 418 g/mol. The third-order valence-electron chi connectivity index (χ3n) is 5.81. The molecule has 2 aliphatic rings. The van der Waals surface area contributed by atoms with Crippen LogP contribution in [-0.4, -0.2) is 68.6 Å². The quantitative estimate of drug-likeness (QED) is 0.488. The highest BCUT2D eigenvalue weighted by Gasteiger charge is 2.24. The summed E-state index contributed by atoms with van der Waals surface area (Å²) in [5.74, 6) is 1.89. The van der Waals surface area contributed by atoms with Gasteiger partial charge in [0.2, 0.25) is 0 Å². The summed E-state index contributed by atoms with van der Waals surface area (Å²) in [7, 11) is 0. The maximum Gasteiger partial charge on any atom is 0.194 e. The second kappa shape index (κ2) is 12.8. The number of aliphatic imine (C=N–C) groups is 1. The van der Waals surface area contributed by atoms with Crippen molar-refractivity contribution in [2.24, 2.45) is 4.99 Å². The van der Waals surface area contributed by atoms with Crippen LogP contribution in [0.15, 0.2) is 35.3 Å². The van der Waals surface area contributed by atoms with Gasteiger partial charge in [-0.25, -0.2) is 4.99 Å². The van der Waals surface area contributed by atoms with Crippen LogP contribution < -0.4 is 10.1 Å². The standard InChI is InChI=1S/C24H39N3O3/c1-3-20(30-22-10-6-5-7-11-22)18-26-24(25-4-2)27-15-13-21(14-16-27)29-19-23-12-8-9-17-28-23/h5-7,10-11,20-21,23H,3-4,8-9,12-19H2,1-2H3,(H,25,26). The van der Waals surface area contributed by atoms with Crippen LogP contribution in [0.1, 0.15) is 52.4 Å². The molecule has 1 aromatic rings. The van der Waals surface area contributed by atoms with Gasteiger partial charge >= 0.3 is 0 Å². The van der Waals surface area contributed by atoms with Crippen molar-refractivity contribution in [1.82, 2.24) is 10.2 Å². The minimum Gasteiger partial charge on any atom is -0.489 e. The second-order valence-corrected chi connectivity index (χ2v) is 8.16. The fraction of sp³-hybridized carbons (Fsp3) is 0.708. The number of benzene rings is 1. The Balaban J connectivity index is 1.45. The first-order valence-corrected chi connectivity index (χ1v) is 11.8. The maximum absolute atomic E-state index is 6.16. The fourth-order valence-electron chi connectivity index (χ4n) is 3.97. The zero-order valence-corrected chi connectivity index (χ0v) is 18.7. The van der Waals surface area contributed by atoms with E-state index < -0.39 is 0 Å². The molecule has 6 heteroatoms. The Morgan fingerprint density at radius 1 is 1.17 bits per heavy atom. The van der Waals surface area contributed by atoms with E-state index in [0.29, 0.717) is 18.8 Å². The highest BCUT2D eigenvalue weighted by atomic mass is 16.5. The van der Waals surface area contributed by atoms with Crippen molar-refractivity contribution in [2.45, 2.75) is 70.7 Å². The van der Waals surface area contributed by atoms with Crippen molar-refractivity contribution < 1.29 is 14.2 Å². The van der Waals surface area contributed by atoms with Crippen LogP contribution in [0.4, 0.5) is 0 Å². The molecule has 0 saturated carbocycles. The van der Waals surface area contributed by atoms with E-state index in [0.717, 1.165) is 70.2 Å².